The number of para-hydroxylation sites is 2. The summed E-state index contributed by atoms with van der Waals surface area (Å²) in [6.45, 7) is 4.00. The lowest BCUT2D eigenvalue weighted by molar-refractivity contribution is 0.620. The predicted octanol–water partition coefficient (Wildman–Crippen LogP) is 7.36. The minimum Gasteiger partial charge on any atom is -0.309 e. The van der Waals surface area contributed by atoms with Crippen molar-refractivity contribution in [3.63, 3.8) is 0 Å². The van der Waals surface area contributed by atoms with Crippen LogP contribution in [0.4, 0.5) is 4.39 Å². The summed E-state index contributed by atoms with van der Waals surface area (Å²) in [6.07, 6.45) is 0. The van der Waals surface area contributed by atoms with Gasteiger partial charge in [-0.3, -0.25) is 0 Å². The molecule has 32 heavy (non-hydrogen) atoms. The van der Waals surface area contributed by atoms with Crippen molar-refractivity contribution in [3.05, 3.63) is 102 Å². The quantitative estimate of drug-likeness (QED) is 0.301. The van der Waals surface area contributed by atoms with E-state index in [1.807, 2.05) is 74.5 Å². The van der Waals surface area contributed by atoms with Gasteiger partial charge < -0.3 is 4.57 Å². The van der Waals surface area contributed by atoms with Crippen molar-refractivity contribution < 1.29 is 4.39 Å². The van der Waals surface area contributed by atoms with Gasteiger partial charge in [0.25, 0.3) is 0 Å². The van der Waals surface area contributed by atoms with Crippen LogP contribution in [0.15, 0.2) is 84.9 Å². The molecule has 0 atom stereocenters. The maximum atomic E-state index is 14.2. The van der Waals surface area contributed by atoms with Gasteiger partial charge in [-0.25, -0.2) is 4.39 Å². The molecule has 1 heterocycles. The Balaban J connectivity index is 0.00000119. The molecule has 0 N–H and O–H groups in total. The van der Waals surface area contributed by atoms with Gasteiger partial charge in [0.1, 0.15) is 12.1 Å². The van der Waals surface area contributed by atoms with Crippen LogP contribution < -0.4 is 0 Å². The Morgan fingerprint density at radius 1 is 0.656 bits per heavy atom. The molecule has 3 nitrogen and oxygen atoms in total. The van der Waals surface area contributed by atoms with E-state index in [4.69, 9.17) is 0 Å². The summed E-state index contributed by atoms with van der Waals surface area (Å²) in [5, 5.41) is 20.6. The normalized spacial score (nSPS) is 10.3. The number of aromatic nitrogens is 1. The molecule has 0 saturated carbocycles. The molecule has 4 aromatic carbocycles. The van der Waals surface area contributed by atoms with Crippen LogP contribution >= 0.6 is 0 Å². The summed E-state index contributed by atoms with van der Waals surface area (Å²) >= 11 is 0. The SMILES string of the molecule is CC.N#Cc1cc(-c2ccc3c(c2)c2ccccc2n3-c2ccccc2)cc(C#N)c1F. The molecule has 0 spiro atoms. The molecule has 4 heteroatoms. The number of halogens is 1. The fourth-order valence-electron chi connectivity index (χ4n) is 3.96. The van der Waals surface area contributed by atoms with Crippen molar-refractivity contribution in [3.8, 4) is 29.0 Å². The summed E-state index contributed by atoms with van der Waals surface area (Å²) in [4.78, 5) is 0. The monoisotopic (exact) mass is 417 g/mol. The molecule has 0 amide bonds. The molecule has 154 valence electrons. The van der Waals surface area contributed by atoms with Crippen molar-refractivity contribution in [2.45, 2.75) is 13.8 Å². The van der Waals surface area contributed by atoms with E-state index in [9.17, 15) is 14.9 Å². The molecular weight excluding hydrogens is 397 g/mol. The van der Waals surface area contributed by atoms with Gasteiger partial charge in [0.05, 0.1) is 22.2 Å². The fourth-order valence-corrected chi connectivity index (χ4v) is 3.96. The van der Waals surface area contributed by atoms with Crippen LogP contribution in [0.3, 0.4) is 0 Å². The molecule has 5 aromatic rings. The lowest BCUT2D eigenvalue weighted by Crippen LogP contribution is -1.93. The largest absolute Gasteiger partial charge is 0.309 e. The average molecular weight is 417 g/mol. The van der Waals surface area contributed by atoms with Crippen molar-refractivity contribution in [1.29, 1.82) is 10.5 Å². The first-order chi connectivity index (χ1) is 15.7. The van der Waals surface area contributed by atoms with Crippen LogP contribution in [-0.4, -0.2) is 4.57 Å². The standard InChI is InChI=1S/C26H14FN3.C2H6/c27-26-19(15-28)12-18(13-20(26)16-29)17-10-11-25-23(14-17)22-8-4-5-9-24(22)30(25)21-6-2-1-3-7-21;1-2/h1-14H;1-2H3. The highest BCUT2D eigenvalue weighted by Crippen LogP contribution is 2.35. The molecule has 0 unspecified atom stereocenters. The zero-order valence-corrected chi connectivity index (χ0v) is 17.8. The van der Waals surface area contributed by atoms with Crippen LogP contribution in [0, 0.1) is 28.5 Å². The van der Waals surface area contributed by atoms with E-state index < -0.39 is 5.82 Å². The highest BCUT2D eigenvalue weighted by Gasteiger charge is 2.15. The zero-order valence-electron chi connectivity index (χ0n) is 17.8. The van der Waals surface area contributed by atoms with E-state index in [0.29, 0.717) is 5.56 Å². The molecule has 0 saturated heterocycles. The molecule has 0 fully saturated rings. The third-order valence-electron chi connectivity index (χ3n) is 5.33. The maximum absolute atomic E-state index is 14.2. The topological polar surface area (TPSA) is 52.5 Å². The summed E-state index contributed by atoms with van der Waals surface area (Å²) in [6, 6.07) is 31.0. The Morgan fingerprint density at radius 3 is 1.91 bits per heavy atom. The summed E-state index contributed by atoms with van der Waals surface area (Å²) in [5.74, 6) is -0.773. The Labute approximate surface area is 186 Å². The van der Waals surface area contributed by atoms with Gasteiger partial charge >= 0.3 is 0 Å². The molecule has 0 aliphatic heterocycles. The number of rotatable bonds is 2. The molecule has 5 rings (SSSR count). The molecular formula is C28H20FN3. The van der Waals surface area contributed by atoms with Crippen LogP contribution in [0.2, 0.25) is 0 Å². The fraction of sp³-hybridized carbons (Fsp3) is 0.0714. The van der Waals surface area contributed by atoms with Gasteiger partial charge in [-0.05, 0) is 53.6 Å². The van der Waals surface area contributed by atoms with Crippen LogP contribution in [0.1, 0.15) is 25.0 Å². The highest BCUT2D eigenvalue weighted by molar-refractivity contribution is 6.10. The molecule has 0 aliphatic carbocycles. The van der Waals surface area contributed by atoms with E-state index in [1.54, 1.807) is 0 Å². The van der Waals surface area contributed by atoms with Crippen LogP contribution in [0.25, 0.3) is 38.6 Å². The van der Waals surface area contributed by atoms with E-state index in [2.05, 4.69) is 28.8 Å². The maximum Gasteiger partial charge on any atom is 0.158 e. The first kappa shape index (κ1) is 20.8. The van der Waals surface area contributed by atoms with Crippen molar-refractivity contribution >= 4 is 21.8 Å². The van der Waals surface area contributed by atoms with Gasteiger partial charge in [-0.1, -0.05) is 56.3 Å². The lowest BCUT2D eigenvalue weighted by atomic mass is 9.98. The molecule has 1 aromatic heterocycles. The van der Waals surface area contributed by atoms with E-state index in [0.717, 1.165) is 33.1 Å². The number of nitrogens with zero attached hydrogens (tertiary/aromatic N) is 3. The van der Waals surface area contributed by atoms with Gasteiger partial charge in [-0.15, -0.1) is 0 Å². The van der Waals surface area contributed by atoms with Crippen molar-refractivity contribution in [1.82, 2.24) is 4.57 Å². The van der Waals surface area contributed by atoms with Gasteiger partial charge in [0.15, 0.2) is 5.82 Å². The average Bonchev–Trinajstić information content (AvgIpc) is 3.19. The van der Waals surface area contributed by atoms with Crippen molar-refractivity contribution in [2.75, 3.05) is 0 Å². The Kier molecular flexibility index (Phi) is 5.71. The van der Waals surface area contributed by atoms with Crippen LogP contribution in [-0.2, 0) is 0 Å². The number of fused-ring (bicyclic) bond motifs is 3. The van der Waals surface area contributed by atoms with Crippen molar-refractivity contribution in [2.24, 2.45) is 0 Å². The van der Waals surface area contributed by atoms with E-state index in [1.165, 1.54) is 12.1 Å². The smallest absolute Gasteiger partial charge is 0.158 e. The predicted molar refractivity (Wildman–Crippen MR) is 127 cm³/mol. The number of benzene rings is 4. The second-order valence-corrected chi connectivity index (χ2v) is 7.03. The molecule has 0 radical (unpaired) electrons. The second kappa shape index (κ2) is 8.76. The summed E-state index contributed by atoms with van der Waals surface area (Å²) < 4.78 is 16.4. The summed E-state index contributed by atoms with van der Waals surface area (Å²) in [5.41, 5.74) is 4.41. The van der Waals surface area contributed by atoms with E-state index in [-0.39, 0.29) is 11.1 Å². The zero-order chi connectivity index (χ0) is 22.7. The van der Waals surface area contributed by atoms with E-state index >= 15 is 0 Å². The Bertz CT molecular complexity index is 1480. The van der Waals surface area contributed by atoms with Gasteiger partial charge in [0, 0.05) is 16.5 Å². The third kappa shape index (κ3) is 3.39. The van der Waals surface area contributed by atoms with Gasteiger partial charge in [0.2, 0.25) is 0 Å². The Morgan fingerprint density at radius 2 is 1.25 bits per heavy atom. The van der Waals surface area contributed by atoms with Crippen LogP contribution in [0.5, 0.6) is 0 Å². The highest BCUT2D eigenvalue weighted by atomic mass is 19.1. The lowest BCUT2D eigenvalue weighted by Gasteiger charge is -2.08. The Hall–Kier alpha value is -4.41. The van der Waals surface area contributed by atoms with Gasteiger partial charge in [-0.2, -0.15) is 10.5 Å². The number of hydrogen-bond donors (Lipinski definition) is 0. The summed E-state index contributed by atoms with van der Waals surface area (Å²) in [7, 11) is 0. The first-order valence-corrected chi connectivity index (χ1v) is 10.4. The third-order valence-corrected chi connectivity index (χ3v) is 5.33. The molecule has 0 aliphatic rings. The number of hydrogen-bond acceptors (Lipinski definition) is 2. The second-order valence-electron chi connectivity index (χ2n) is 7.03. The molecule has 0 bridgehead atoms. The first-order valence-electron chi connectivity index (χ1n) is 10.4. The minimum absolute atomic E-state index is 0.129. The minimum atomic E-state index is -0.773. The number of nitriles is 2.